The van der Waals surface area contributed by atoms with Crippen molar-refractivity contribution >= 4 is 57.7 Å². The summed E-state index contributed by atoms with van der Waals surface area (Å²) in [6, 6.07) is 18.9. The summed E-state index contributed by atoms with van der Waals surface area (Å²) in [4.78, 5) is 76.2. The van der Waals surface area contributed by atoms with Crippen LogP contribution in [0.5, 0.6) is 5.75 Å². The van der Waals surface area contributed by atoms with Gasteiger partial charge in [0.2, 0.25) is 18.2 Å². The molecule has 1 saturated heterocycles. The van der Waals surface area contributed by atoms with Crippen LogP contribution in [0.25, 0.3) is 33.5 Å². The fraction of sp³-hybridized carbons (Fsp3) is 0.397. The van der Waals surface area contributed by atoms with Crippen molar-refractivity contribution in [3.05, 3.63) is 138 Å². The number of nitrogens with one attached hydrogen (secondary N) is 3. The molecule has 6 rings (SSSR count). The van der Waals surface area contributed by atoms with E-state index >= 15 is 0 Å². The molecule has 428 valence electrons. The molecule has 3 unspecified atom stereocenters. The van der Waals surface area contributed by atoms with Crippen molar-refractivity contribution in [1.29, 1.82) is 0 Å². The molecule has 3 aromatic carbocycles. The number of aromatic nitrogens is 1. The third kappa shape index (κ3) is 18.0. The third-order valence-corrected chi connectivity index (χ3v) is 12.6. The number of fused-ring (bicyclic) bond motifs is 2. The van der Waals surface area contributed by atoms with E-state index in [1.807, 2.05) is 18.2 Å². The molecular formula is C58H72N8O14. The van der Waals surface area contributed by atoms with Gasteiger partial charge in [-0.1, -0.05) is 30.4 Å². The number of carbonyl (C=O) groups is 4. The molecule has 2 aromatic heterocycles. The number of ether oxygens (including phenoxy) is 6. The number of aliphatic hydroxyl groups excluding tert-OH is 1. The fourth-order valence-electron chi connectivity index (χ4n) is 8.42. The van der Waals surface area contributed by atoms with Crippen molar-refractivity contribution in [2.45, 2.75) is 70.7 Å². The highest BCUT2D eigenvalue weighted by atomic mass is 16.7. The van der Waals surface area contributed by atoms with Crippen molar-refractivity contribution < 1.29 is 61.5 Å². The molecule has 4 atom stereocenters. The molecule has 0 saturated carbocycles. The molecule has 0 spiro atoms. The van der Waals surface area contributed by atoms with Crippen molar-refractivity contribution in [3.8, 4) is 17.2 Å². The molecule has 6 N–H and O–H groups in total. The van der Waals surface area contributed by atoms with E-state index in [4.69, 9.17) is 43.0 Å². The number of aliphatic hydroxyl groups is 1. The molecule has 1 aliphatic heterocycles. The van der Waals surface area contributed by atoms with Gasteiger partial charge in [-0.3, -0.25) is 29.1 Å². The largest absolute Gasteiger partial charge is 0.488 e. The number of hydrogen-bond acceptors (Lipinski definition) is 17. The first-order valence-corrected chi connectivity index (χ1v) is 26.5. The lowest BCUT2D eigenvalue weighted by Crippen LogP contribution is -2.33. The molecule has 0 radical (unpaired) electrons. The highest BCUT2D eigenvalue weighted by Crippen LogP contribution is 2.30. The predicted octanol–water partition coefficient (Wildman–Crippen LogP) is 5.75. The number of nitrogens with zero attached hydrogens (tertiary/aromatic N) is 4. The van der Waals surface area contributed by atoms with Gasteiger partial charge in [0.05, 0.1) is 25.4 Å². The van der Waals surface area contributed by atoms with Crippen molar-refractivity contribution in [3.63, 3.8) is 0 Å². The summed E-state index contributed by atoms with van der Waals surface area (Å²) in [6.45, 7) is 13.7. The molecule has 0 bridgehead atoms. The second kappa shape index (κ2) is 32.2. The van der Waals surface area contributed by atoms with Crippen LogP contribution in [0, 0.1) is 0 Å². The van der Waals surface area contributed by atoms with Crippen molar-refractivity contribution in [2.75, 3.05) is 84.5 Å². The second-order valence-electron chi connectivity index (χ2n) is 18.1. The molecule has 22 heteroatoms. The number of carbonyl (C=O) groups excluding carboxylic acids is 4. The van der Waals surface area contributed by atoms with Gasteiger partial charge in [-0.2, -0.15) is 0 Å². The van der Waals surface area contributed by atoms with Crippen LogP contribution in [-0.2, 0) is 33.3 Å². The molecule has 0 aliphatic carbocycles. The average molecular weight is 1110 g/mol. The Balaban J connectivity index is 0.894. The van der Waals surface area contributed by atoms with Crippen LogP contribution >= 0.6 is 0 Å². The number of oxazole rings is 1. The van der Waals surface area contributed by atoms with Crippen LogP contribution < -0.4 is 36.9 Å². The Bertz CT molecular complexity index is 3020. The number of amides is 4. The average Bonchev–Trinajstić information content (AvgIpc) is 4.11. The Morgan fingerprint density at radius 1 is 0.925 bits per heavy atom. The highest BCUT2D eigenvalue weighted by molar-refractivity contribution is 6.00. The predicted molar refractivity (Wildman–Crippen MR) is 302 cm³/mol. The molecule has 80 heavy (non-hydrogen) atoms. The molecule has 5 aromatic rings. The number of rotatable bonds is 35. The molecule has 1 aliphatic rings. The van der Waals surface area contributed by atoms with Gasteiger partial charge in [0.15, 0.2) is 11.9 Å². The van der Waals surface area contributed by atoms with E-state index in [1.165, 1.54) is 24.2 Å². The van der Waals surface area contributed by atoms with Gasteiger partial charge in [-0.25, -0.2) is 9.78 Å². The van der Waals surface area contributed by atoms with Crippen LogP contribution in [0.4, 0.5) is 5.69 Å². The maximum atomic E-state index is 13.1. The van der Waals surface area contributed by atoms with E-state index in [2.05, 4.69) is 57.8 Å². The Hall–Kier alpha value is -7.99. The summed E-state index contributed by atoms with van der Waals surface area (Å²) in [5.74, 6) is -0.437. The molecule has 3 heterocycles. The van der Waals surface area contributed by atoms with E-state index in [9.17, 15) is 29.1 Å². The lowest BCUT2D eigenvalue weighted by Gasteiger charge is -2.22. The number of anilines is 1. The summed E-state index contributed by atoms with van der Waals surface area (Å²) in [5, 5.41) is 18.8. The standard InChI is InChI=1S/C58H72N8O14/c1-6-27-73-38-77-50-33-52(78-48(50)22-26-67)66(37-68)34-42(54(59)60-5)16-14-25-61-51(69)35-76-53(74-28-7-2)36-75-44-17-13-15-40(29-44)55(70)62-23-11-10-12-24-63-56(71)41-19-21-47-46(31-41)64-57(79-47)45-30-39-18-20-43(65(8-3)9-4)32-49(39)80-58(45)72/h6-7,13-21,29-32,34,37,48,50,52-53,67H,1-2,8-12,22-28,33,35-36,38H2,3-5H3,(H2,59,60)(H,61,69)(H,62,70)(H,63,71)/b16-14+,42-34-/t48?,50-,52?,53?/m1/s1. The summed E-state index contributed by atoms with van der Waals surface area (Å²) in [6.07, 6.45) is 8.49. The fourth-order valence-corrected chi connectivity index (χ4v) is 8.42. The molecule has 1 fully saturated rings. The zero-order valence-electron chi connectivity index (χ0n) is 45.5. The topological polar surface area (TPSA) is 281 Å². The zero-order chi connectivity index (χ0) is 57.2. The van der Waals surface area contributed by atoms with Gasteiger partial charge in [-0.05, 0) is 94.1 Å². The summed E-state index contributed by atoms with van der Waals surface area (Å²) in [7, 11) is 1.50. The van der Waals surface area contributed by atoms with Crippen molar-refractivity contribution in [2.24, 2.45) is 10.7 Å². The van der Waals surface area contributed by atoms with Gasteiger partial charge in [0.1, 0.15) is 54.5 Å². The van der Waals surface area contributed by atoms with E-state index in [0.717, 1.165) is 30.6 Å². The number of benzene rings is 3. The SMILES string of the molecule is C=CCOCO[C@@H]1CC(N(C=O)/C=C(/C=C/CNC(=O)COC(COc2cccc(C(=O)NCCCCCNC(=O)c3ccc4oc(-c5cc6ccc(N(CC)CC)cc6oc5=O)nc4c3)c2)OCC=C)C(\N)=N/C)OC1CCO. The number of amidine groups is 1. The van der Waals surface area contributed by atoms with Gasteiger partial charge in [0, 0.05) is 92.8 Å². The smallest absolute Gasteiger partial charge is 0.349 e. The van der Waals surface area contributed by atoms with Gasteiger partial charge >= 0.3 is 5.63 Å². The summed E-state index contributed by atoms with van der Waals surface area (Å²) < 4.78 is 46.1. The monoisotopic (exact) mass is 1100 g/mol. The maximum Gasteiger partial charge on any atom is 0.349 e. The first-order valence-electron chi connectivity index (χ1n) is 26.5. The van der Waals surface area contributed by atoms with Crippen LogP contribution in [0.2, 0.25) is 0 Å². The van der Waals surface area contributed by atoms with Gasteiger partial charge in [-0.15, -0.1) is 13.2 Å². The first kappa shape index (κ1) is 61.2. The Kier molecular flexibility index (Phi) is 24.6. The normalized spacial score (nSPS) is 15.9. The Morgan fingerprint density at radius 2 is 1.69 bits per heavy atom. The van der Waals surface area contributed by atoms with Crippen LogP contribution in [0.3, 0.4) is 0 Å². The first-order chi connectivity index (χ1) is 38.9. The van der Waals surface area contributed by atoms with Crippen LogP contribution in [0.1, 0.15) is 66.7 Å². The minimum Gasteiger partial charge on any atom is -0.488 e. The second-order valence-corrected chi connectivity index (χ2v) is 18.1. The van der Waals surface area contributed by atoms with E-state index in [-0.39, 0.29) is 68.9 Å². The van der Waals surface area contributed by atoms with Crippen molar-refractivity contribution in [1.82, 2.24) is 25.8 Å². The minimum atomic E-state index is -0.967. The quantitative estimate of drug-likeness (QED) is 0.00472. The maximum absolute atomic E-state index is 13.1. The van der Waals surface area contributed by atoms with Crippen LogP contribution in [0.15, 0.2) is 135 Å². The number of nitrogens with two attached hydrogens (primary N) is 1. The number of aliphatic imine (C=N–C) groups is 1. The highest BCUT2D eigenvalue weighted by Gasteiger charge is 2.38. The zero-order valence-corrected chi connectivity index (χ0v) is 45.5. The van der Waals surface area contributed by atoms with Crippen LogP contribution in [-0.4, -0.2) is 149 Å². The number of hydrogen-bond donors (Lipinski definition) is 5. The van der Waals surface area contributed by atoms with E-state index in [0.29, 0.717) is 90.9 Å². The van der Waals surface area contributed by atoms with Gasteiger partial charge < -0.3 is 68.9 Å². The molecule has 4 amide bonds. The Morgan fingerprint density at radius 3 is 2.40 bits per heavy atom. The minimum absolute atomic E-state index is 0.00824. The summed E-state index contributed by atoms with van der Waals surface area (Å²) in [5.41, 5.74) is 9.17. The Labute approximate surface area is 464 Å². The number of unbranched alkanes of at least 4 members (excludes halogenated alkanes) is 2. The van der Waals surface area contributed by atoms with E-state index in [1.54, 1.807) is 66.8 Å². The lowest BCUT2D eigenvalue weighted by molar-refractivity contribution is -0.162. The third-order valence-electron chi connectivity index (χ3n) is 12.6. The lowest BCUT2D eigenvalue weighted by atomic mass is 10.1. The van der Waals surface area contributed by atoms with E-state index < -0.39 is 36.3 Å². The molecular weight excluding hydrogens is 1030 g/mol. The van der Waals surface area contributed by atoms with Gasteiger partial charge in [0.25, 0.3) is 11.8 Å². The molecule has 22 nitrogen and oxygen atoms in total. The summed E-state index contributed by atoms with van der Waals surface area (Å²) >= 11 is 0.